The molecule has 2 heterocycles. The third-order valence-corrected chi connectivity index (χ3v) is 3.35. The largest absolute Gasteiger partial charge is 0.317 e. The van der Waals surface area contributed by atoms with E-state index in [1.807, 2.05) is 0 Å². The maximum atomic E-state index is 12.0. The first kappa shape index (κ1) is 12.2. The Bertz CT molecular complexity index is 641. The molecule has 88 valence electrons. The molecule has 0 spiro atoms. The number of hydrogen-bond donors (Lipinski definition) is 1. The molecule has 1 amide bonds. The van der Waals surface area contributed by atoms with Gasteiger partial charge >= 0.3 is 0 Å². The zero-order chi connectivity index (χ0) is 12.8. The van der Waals surface area contributed by atoms with Gasteiger partial charge in [0.1, 0.15) is 5.69 Å². The number of carbonyl (C=O) groups excluding carboxylic acids is 1. The van der Waals surface area contributed by atoms with Gasteiger partial charge in [-0.3, -0.25) is 14.2 Å². The van der Waals surface area contributed by atoms with Gasteiger partial charge in [0.2, 0.25) is 0 Å². The molecular formula is C11H8BrClN2O2. The fraction of sp³-hybridized carbons (Fsp3) is 0.273. The Morgan fingerprint density at radius 1 is 1.53 bits per heavy atom. The maximum absolute atomic E-state index is 12.0. The first-order chi connectivity index (χ1) is 7.90. The molecule has 0 aliphatic carbocycles. The number of carbonyl (C=O) groups is 1. The topological polar surface area (TPSA) is 51.1 Å². The number of amides is 1. The van der Waals surface area contributed by atoms with Crippen LogP contribution in [0.4, 0.5) is 0 Å². The van der Waals surface area contributed by atoms with Crippen LogP contribution in [0.1, 0.15) is 24.3 Å². The zero-order valence-corrected chi connectivity index (χ0v) is 11.4. The van der Waals surface area contributed by atoms with Crippen LogP contribution in [0.3, 0.4) is 0 Å². The van der Waals surface area contributed by atoms with Gasteiger partial charge < -0.3 is 5.32 Å². The van der Waals surface area contributed by atoms with Gasteiger partial charge in [0, 0.05) is 0 Å². The summed E-state index contributed by atoms with van der Waals surface area (Å²) in [6, 6.07) is 1.42. The van der Waals surface area contributed by atoms with Gasteiger partial charge in [-0.05, 0) is 35.8 Å². The van der Waals surface area contributed by atoms with Gasteiger partial charge in [-0.25, -0.2) is 0 Å². The van der Waals surface area contributed by atoms with Gasteiger partial charge in [-0.2, -0.15) is 0 Å². The van der Waals surface area contributed by atoms with Crippen LogP contribution in [0.25, 0.3) is 0 Å². The molecule has 0 saturated heterocycles. The minimum Gasteiger partial charge on any atom is -0.317 e. The Balaban J connectivity index is 2.89. The van der Waals surface area contributed by atoms with Crippen LogP contribution in [0.15, 0.2) is 15.3 Å². The van der Waals surface area contributed by atoms with Crippen molar-refractivity contribution in [2.75, 3.05) is 0 Å². The summed E-state index contributed by atoms with van der Waals surface area (Å²) >= 11 is 9.09. The van der Waals surface area contributed by atoms with Crippen LogP contribution in [-0.4, -0.2) is 10.5 Å². The van der Waals surface area contributed by atoms with Crippen LogP contribution in [0, 0.1) is 11.8 Å². The summed E-state index contributed by atoms with van der Waals surface area (Å²) < 4.78 is 1.57. The fourth-order valence-corrected chi connectivity index (χ4v) is 2.68. The van der Waals surface area contributed by atoms with Crippen molar-refractivity contribution in [1.29, 1.82) is 0 Å². The second-order valence-electron chi connectivity index (χ2n) is 3.73. The minimum absolute atomic E-state index is 0.144. The van der Waals surface area contributed by atoms with Crippen molar-refractivity contribution in [2.45, 2.75) is 19.5 Å². The average molecular weight is 316 g/mol. The number of fused-ring (bicyclic) bond motifs is 1. The third-order valence-electron chi connectivity index (χ3n) is 2.50. The monoisotopic (exact) mass is 314 g/mol. The van der Waals surface area contributed by atoms with Crippen molar-refractivity contribution in [3.63, 3.8) is 0 Å². The molecule has 0 radical (unpaired) electrons. The SMILES string of the molecule is CC#CC1(C)NC(=O)c2c(Cl)cc(Br)c(=O)n21. The molecule has 1 aliphatic heterocycles. The van der Waals surface area contributed by atoms with Gasteiger partial charge in [-0.1, -0.05) is 17.5 Å². The quantitative estimate of drug-likeness (QED) is 0.741. The molecule has 6 heteroatoms. The average Bonchev–Trinajstić information content (AvgIpc) is 2.48. The lowest BCUT2D eigenvalue weighted by Crippen LogP contribution is -2.43. The summed E-state index contributed by atoms with van der Waals surface area (Å²) in [5.74, 6) is 5.10. The molecule has 4 nitrogen and oxygen atoms in total. The van der Waals surface area contributed by atoms with E-state index in [2.05, 4.69) is 33.1 Å². The van der Waals surface area contributed by atoms with E-state index in [1.54, 1.807) is 13.8 Å². The van der Waals surface area contributed by atoms with Crippen LogP contribution < -0.4 is 10.9 Å². The van der Waals surface area contributed by atoms with Crippen LogP contribution in [0.2, 0.25) is 5.02 Å². The molecule has 0 aromatic carbocycles. The molecule has 1 unspecified atom stereocenters. The Hall–Kier alpha value is -1.25. The van der Waals surface area contributed by atoms with E-state index >= 15 is 0 Å². The number of aromatic nitrogens is 1. The molecule has 1 aliphatic rings. The normalized spacial score (nSPS) is 21.5. The van der Waals surface area contributed by atoms with E-state index in [1.165, 1.54) is 10.6 Å². The summed E-state index contributed by atoms with van der Waals surface area (Å²) in [5, 5.41) is 2.87. The number of nitrogens with one attached hydrogen (secondary N) is 1. The lowest BCUT2D eigenvalue weighted by molar-refractivity contribution is 0.0946. The number of hydrogen-bond acceptors (Lipinski definition) is 2. The van der Waals surface area contributed by atoms with Gasteiger partial charge in [-0.15, -0.1) is 5.92 Å². The van der Waals surface area contributed by atoms with Crippen molar-refractivity contribution < 1.29 is 4.79 Å². The van der Waals surface area contributed by atoms with Crippen molar-refractivity contribution in [3.05, 3.63) is 31.6 Å². The number of halogens is 2. The molecule has 0 fully saturated rings. The van der Waals surface area contributed by atoms with E-state index in [0.717, 1.165) is 0 Å². The minimum atomic E-state index is -1.05. The third kappa shape index (κ3) is 1.68. The zero-order valence-electron chi connectivity index (χ0n) is 9.10. The van der Waals surface area contributed by atoms with E-state index < -0.39 is 11.6 Å². The number of pyridine rings is 1. The van der Waals surface area contributed by atoms with E-state index in [-0.39, 0.29) is 16.3 Å². The molecular weight excluding hydrogens is 307 g/mol. The second-order valence-corrected chi connectivity index (χ2v) is 4.99. The predicted molar refractivity (Wildman–Crippen MR) is 68.0 cm³/mol. The lowest BCUT2D eigenvalue weighted by atomic mass is 10.2. The summed E-state index contributed by atoms with van der Waals surface area (Å²) in [6.45, 7) is 3.29. The van der Waals surface area contributed by atoms with Crippen LogP contribution in [-0.2, 0) is 5.66 Å². The first-order valence-electron chi connectivity index (χ1n) is 4.78. The van der Waals surface area contributed by atoms with Gasteiger partial charge in [0.05, 0.1) is 9.50 Å². The highest BCUT2D eigenvalue weighted by atomic mass is 79.9. The van der Waals surface area contributed by atoms with Crippen LogP contribution in [0.5, 0.6) is 0 Å². The van der Waals surface area contributed by atoms with Gasteiger partial charge in [0.15, 0.2) is 5.66 Å². The van der Waals surface area contributed by atoms with Crippen molar-refractivity contribution >= 4 is 33.4 Å². The summed E-state index contributed by atoms with van der Waals surface area (Å²) in [5.41, 5.74) is -1.25. The van der Waals surface area contributed by atoms with Crippen molar-refractivity contribution in [2.24, 2.45) is 0 Å². The highest BCUT2D eigenvalue weighted by Crippen LogP contribution is 2.27. The summed E-state index contributed by atoms with van der Waals surface area (Å²) in [6.07, 6.45) is 0. The van der Waals surface area contributed by atoms with E-state index in [4.69, 9.17) is 11.6 Å². The fourth-order valence-electron chi connectivity index (χ4n) is 1.86. The highest BCUT2D eigenvalue weighted by molar-refractivity contribution is 9.10. The molecule has 2 rings (SSSR count). The first-order valence-corrected chi connectivity index (χ1v) is 5.96. The van der Waals surface area contributed by atoms with E-state index in [0.29, 0.717) is 4.47 Å². The molecule has 1 N–H and O–H groups in total. The molecule has 0 saturated carbocycles. The van der Waals surface area contributed by atoms with Crippen LogP contribution >= 0.6 is 27.5 Å². The Morgan fingerprint density at radius 2 is 2.18 bits per heavy atom. The Labute approximate surface area is 111 Å². The van der Waals surface area contributed by atoms with Crippen molar-refractivity contribution in [3.8, 4) is 11.8 Å². The second kappa shape index (κ2) is 3.90. The lowest BCUT2D eigenvalue weighted by Gasteiger charge is -2.20. The standard InChI is InChI=1S/C11H8BrClN2O2/c1-3-4-11(2)14-9(16)8-7(13)5-6(12)10(17)15(8)11/h5H,1-2H3,(H,14,16). The smallest absolute Gasteiger partial charge is 0.272 e. The molecule has 1 aromatic rings. The van der Waals surface area contributed by atoms with E-state index in [9.17, 15) is 9.59 Å². The Morgan fingerprint density at radius 3 is 2.76 bits per heavy atom. The highest BCUT2D eigenvalue weighted by Gasteiger charge is 2.40. The molecule has 1 aromatic heterocycles. The summed E-state index contributed by atoms with van der Waals surface area (Å²) in [7, 11) is 0. The molecule has 1 atom stereocenters. The molecule has 0 bridgehead atoms. The van der Waals surface area contributed by atoms with Crippen molar-refractivity contribution in [1.82, 2.24) is 9.88 Å². The molecule has 17 heavy (non-hydrogen) atoms. The Kier molecular flexibility index (Phi) is 2.80. The maximum Gasteiger partial charge on any atom is 0.272 e. The predicted octanol–water partition coefficient (Wildman–Crippen LogP) is 1.70. The number of rotatable bonds is 0. The number of nitrogens with zero attached hydrogens (tertiary/aromatic N) is 1. The van der Waals surface area contributed by atoms with Gasteiger partial charge in [0.25, 0.3) is 11.5 Å². The summed E-state index contributed by atoms with van der Waals surface area (Å²) in [4.78, 5) is 23.8.